The Hall–Kier alpha value is -2.39. The van der Waals surface area contributed by atoms with Gasteiger partial charge < -0.3 is 9.80 Å². The van der Waals surface area contributed by atoms with Crippen LogP contribution in [-0.2, 0) is 4.79 Å². The van der Waals surface area contributed by atoms with Gasteiger partial charge in [0.15, 0.2) is 5.16 Å². The second-order valence-corrected chi connectivity index (χ2v) is 10.4. The molecule has 0 atom stereocenters. The number of aromatic nitrogens is 2. The Balaban J connectivity index is 1.44. The third-order valence-corrected chi connectivity index (χ3v) is 7.91. The molecular weight excluding hydrogens is 447 g/mol. The van der Waals surface area contributed by atoms with E-state index < -0.39 is 0 Å². The SMILES string of the molecule is Cc1sc2nc(SCC(=O)N3CCN(c4ccc(F)cc4)CC3)n(C(C)C)c(=O)c2c1C. The average Bonchev–Trinajstić information content (AvgIpc) is 3.06. The molecule has 0 bridgehead atoms. The molecule has 3 aromatic rings. The lowest BCUT2D eigenvalue weighted by Gasteiger charge is -2.36. The van der Waals surface area contributed by atoms with Crippen LogP contribution in [-0.4, -0.2) is 52.3 Å². The number of hydrogen-bond donors (Lipinski definition) is 0. The van der Waals surface area contributed by atoms with Gasteiger partial charge in [-0.05, 0) is 57.5 Å². The number of benzene rings is 1. The Labute approximate surface area is 195 Å². The molecule has 9 heteroatoms. The van der Waals surface area contributed by atoms with Crippen LogP contribution >= 0.6 is 23.1 Å². The number of fused-ring (bicyclic) bond motifs is 1. The second-order valence-electron chi connectivity index (χ2n) is 8.26. The van der Waals surface area contributed by atoms with Crippen molar-refractivity contribution in [3.05, 3.63) is 50.9 Å². The number of carbonyl (C=O) groups is 1. The Kier molecular flexibility index (Phi) is 6.57. The van der Waals surface area contributed by atoms with Crippen molar-refractivity contribution in [1.29, 1.82) is 0 Å². The van der Waals surface area contributed by atoms with Crippen LogP contribution in [0.4, 0.5) is 10.1 Å². The summed E-state index contributed by atoms with van der Waals surface area (Å²) in [6.45, 7) is 10.5. The van der Waals surface area contributed by atoms with E-state index in [1.807, 2.05) is 32.6 Å². The van der Waals surface area contributed by atoms with Gasteiger partial charge in [-0.2, -0.15) is 0 Å². The van der Waals surface area contributed by atoms with Crippen molar-refractivity contribution < 1.29 is 9.18 Å². The van der Waals surface area contributed by atoms with E-state index in [4.69, 9.17) is 4.98 Å². The Bertz CT molecular complexity index is 1200. The second kappa shape index (κ2) is 9.23. The van der Waals surface area contributed by atoms with E-state index in [0.717, 1.165) is 21.0 Å². The topological polar surface area (TPSA) is 58.4 Å². The molecule has 0 saturated carbocycles. The number of halogens is 1. The number of carbonyl (C=O) groups excluding carboxylic acids is 1. The van der Waals surface area contributed by atoms with Crippen LogP contribution in [0, 0.1) is 19.7 Å². The summed E-state index contributed by atoms with van der Waals surface area (Å²) in [6, 6.07) is 6.40. The Morgan fingerprint density at radius 2 is 1.81 bits per heavy atom. The van der Waals surface area contributed by atoms with Gasteiger partial charge in [-0.1, -0.05) is 11.8 Å². The molecule has 0 radical (unpaired) electrons. The minimum absolute atomic E-state index is 0.0327. The molecule has 3 heterocycles. The van der Waals surface area contributed by atoms with Crippen molar-refractivity contribution in [2.75, 3.05) is 36.8 Å². The molecule has 0 N–H and O–H groups in total. The quantitative estimate of drug-likeness (QED) is 0.409. The van der Waals surface area contributed by atoms with Gasteiger partial charge in [0.2, 0.25) is 5.91 Å². The number of thioether (sulfide) groups is 1. The number of piperazine rings is 1. The van der Waals surface area contributed by atoms with E-state index in [0.29, 0.717) is 36.7 Å². The third kappa shape index (κ3) is 4.41. The number of aryl methyl sites for hydroxylation is 2. The number of hydrogen-bond acceptors (Lipinski definition) is 6. The number of anilines is 1. The lowest BCUT2D eigenvalue weighted by Crippen LogP contribution is -2.49. The monoisotopic (exact) mass is 474 g/mol. The number of thiophene rings is 1. The highest BCUT2D eigenvalue weighted by molar-refractivity contribution is 7.99. The summed E-state index contributed by atoms with van der Waals surface area (Å²) >= 11 is 2.86. The molecular formula is C23H27FN4O2S2. The van der Waals surface area contributed by atoms with Crippen molar-refractivity contribution in [2.24, 2.45) is 0 Å². The van der Waals surface area contributed by atoms with Gasteiger partial charge in [-0.15, -0.1) is 11.3 Å². The van der Waals surface area contributed by atoms with Gasteiger partial charge in [0.25, 0.3) is 5.56 Å². The zero-order chi connectivity index (χ0) is 23.0. The van der Waals surface area contributed by atoms with E-state index in [-0.39, 0.29) is 29.1 Å². The van der Waals surface area contributed by atoms with Crippen LogP contribution < -0.4 is 10.5 Å². The highest BCUT2D eigenvalue weighted by atomic mass is 32.2. The fourth-order valence-electron chi connectivity index (χ4n) is 3.93. The largest absolute Gasteiger partial charge is 0.368 e. The van der Waals surface area contributed by atoms with Crippen LogP contribution in [0.5, 0.6) is 0 Å². The van der Waals surface area contributed by atoms with E-state index in [2.05, 4.69) is 4.90 Å². The minimum Gasteiger partial charge on any atom is -0.368 e. The van der Waals surface area contributed by atoms with Crippen LogP contribution in [0.15, 0.2) is 34.2 Å². The summed E-state index contributed by atoms with van der Waals surface area (Å²) in [4.78, 5) is 36.6. The van der Waals surface area contributed by atoms with E-state index in [9.17, 15) is 14.0 Å². The first-order valence-corrected chi connectivity index (χ1v) is 12.5. The zero-order valence-corrected chi connectivity index (χ0v) is 20.4. The molecule has 4 rings (SSSR count). The van der Waals surface area contributed by atoms with E-state index >= 15 is 0 Å². The fourth-order valence-corrected chi connectivity index (χ4v) is 6.03. The Morgan fingerprint density at radius 1 is 1.16 bits per heavy atom. The molecule has 1 aliphatic rings. The highest BCUT2D eigenvalue weighted by Crippen LogP contribution is 2.29. The maximum Gasteiger partial charge on any atom is 0.263 e. The van der Waals surface area contributed by atoms with Crippen LogP contribution in [0.25, 0.3) is 10.2 Å². The summed E-state index contributed by atoms with van der Waals surface area (Å²) < 4.78 is 14.9. The Morgan fingerprint density at radius 3 is 2.44 bits per heavy atom. The smallest absolute Gasteiger partial charge is 0.263 e. The fraction of sp³-hybridized carbons (Fsp3) is 0.435. The van der Waals surface area contributed by atoms with Crippen LogP contribution in [0.2, 0.25) is 0 Å². The first-order chi connectivity index (χ1) is 15.3. The van der Waals surface area contributed by atoms with Gasteiger partial charge in [0.1, 0.15) is 10.6 Å². The molecule has 0 spiro atoms. The molecule has 0 aliphatic carbocycles. The standard InChI is InChI=1S/C23H27FN4O2S2/c1-14(2)28-22(30)20-15(3)16(4)32-21(20)25-23(28)31-13-19(29)27-11-9-26(10-12-27)18-7-5-17(24)6-8-18/h5-8,14H,9-13H2,1-4H3. The van der Waals surface area contributed by atoms with Gasteiger partial charge in [0.05, 0.1) is 11.1 Å². The molecule has 1 aromatic carbocycles. The lowest BCUT2D eigenvalue weighted by molar-refractivity contribution is -0.128. The lowest BCUT2D eigenvalue weighted by atomic mass is 10.2. The zero-order valence-electron chi connectivity index (χ0n) is 18.7. The molecule has 1 aliphatic heterocycles. The first-order valence-electron chi connectivity index (χ1n) is 10.7. The average molecular weight is 475 g/mol. The predicted octanol–water partition coefficient (Wildman–Crippen LogP) is 4.24. The summed E-state index contributed by atoms with van der Waals surface area (Å²) in [5.74, 6) is 0.0287. The number of amides is 1. The van der Waals surface area contributed by atoms with Crippen molar-refractivity contribution in [3.63, 3.8) is 0 Å². The molecule has 1 fully saturated rings. The maximum absolute atomic E-state index is 13.2. The maximum atomic E-state index is 13.2. The van der Waals surface area contributed by atoms with Crippen molar-refractivity contribution in [3.8, 4) is 0 Å². The number of rotatable bonds is 5. The van der Waals surface area contributed by atoms with Gasteiger partial charge in [0, 0.05) is 42.8 Å². The summed E-state index contributed by atoms with van der Waals surface area (Å²) in [5.41, 5.74) is 1.92. The first kappa shape index (κ1) is 22.8. The van der Waals surface area contributed by atoms with E-state index in [1.54, 1.807) is 16.7 Å². The van der Waals surface area contributed by atoms with Gasteiger partial charge in [-0.3, -0.25) is 14.2 Å². The van der Waals surface area contributed by atoms with Crippen LogP contribution in [0.3, 0.4) is 0 Å². The van der Waals surface area contributed by atoms with Crippen molar-refractivity contribution >= 4 is 44.9 Å². The van der Waals surface area contributed by atoms with Crippen LogP contribution in [0.1, 0.15) is 30.3 Å². The minimum atomic E-state index is -0.251. The predicted molar refractivity (Wildman–Crippen MR) is 130 cm³/mol. The molecule has 170 valence electrons. The molecule has 6 nitrogen and oxygen atoms in total. The molecule has 1 amide bonds. The number of nitrogens with zero attached hydrogens (tertiary/aromatic N) is 4. The third-order valence-electron chi connectivity index (χ3n) is 5.87. The van der Waals surface area contributed by atoms with Gasteiger partial charge in [-0.25, -0.2) is 9.37 Å². The molecule has 1 saturated heterocycles. The van der Waals surface area contributed by atoms with Crippen molar-refractivity contribution in [2.45, 2.75) is 38.9 Å². The molecule has 2 aromatic heterocycles. The highest BCUT2D eigenvalue weighted by Gasteiger charge is 2.23. The summed E-state index contributed by atoms with van der Waals surface area (Å²) in [6.07, 6.45) is 0. The molecule has 0 unspecified atom stereocenters. The van der Waals surface area contributed by atoms with Gasteiger partial charge >= 0.3 is 0 Å². The van der Waals surface area contributed by atoms with Crippen molar-refractivity contribution in [1.82, 2.24) is 14.5 Å². The molecule has 32 heavy (non-hydrogen) atoms. The summed E-state index contributed by atoms with van der Waals surface area (Å²) in [7, 11) is 0. The van der Waals surface area contributed by atoms with E-state index in [1.165, 1.54) is 35.2 Å². The summed E-state index contributed by atoms with van der Waals surface area (Å²) in [5, 5.41) is 1.28. The normalized spacial score (nSPS) is 14.6.